The van der Waals surface area contributed by atoms with Crippen molar-refractivity contribution >= 4 is 12.4 Å². The molecule has 0 spiro atoms. The Morgan fingerprint density at radius 2 is 2.00 bits per heavy atom. The number of hydrogen-bond donors (Lipinski definition) is 4. The third-order valence-electron chi connectivity index (χ3n) is 1.85. The smallest absolute Gasteiger partial charge is 0.0974 e. The van der Waals surface area contributed by atoms with Gasteiger partial charge in [-0.1, -0.05) is 0 Å². The molecule has 1 fully saturated rings. The minimum Gasteiger partial charge on any atom is -0.395 e. The van der Waals surface area contributed by atoms with Gasteiger partial charge in [0.25, 0.3) is 0 Å². The standard InChI is InChI=1S/C6H13NO3.ClH/c8-3-4-6(10)5(9)1-2-7-4;/h4-10H,1-3H2;1H/t4-,5-,6-;/m1./s1. The normalized spacial score (nSPS) is 37.9. The molecule has 68 valence electrons. The number of rotatable bonds is 1. The highest BCUT2D eigenvalue weighted by molar-refractivity contribution is 5.85. The monoisotopic (exact) mass is 183 g/mol. The van der Waals surface area contributed by atoms with Crippen molar-refractivity contribution < 1.29 is 15.3 Å². The van der Waals surface area contributed by atoms with E-state index in [0.717, 1.165) is 0 Å². The SMILES string of the molecule is Cl.OC[C@H]1NCC[C@@H](O)[C@@H]1O. The van der Waals surface area contributed by atoms with Crippen LogP contribution in [0.25, 0.3) is 0 Å². The van der Waals surface area contributed by atoms with E-state index in [4.69, 9.17) is 15.3 Å². The summed E-state index contributed by atoms with van der Waals surface area (Å²) in [5, 5.41) is 29.8. The van der Waals surface area contributed by atoms with E-state index in [9.17, 15) is 0 Å². The Balaban J connectivity index is 0.000001000. The summed E-state index contributed by atoms with van der Waals surface area (Å²) in [7, 11) is 0. The van der Waals surface area contributed by atoms with Gasteiger partial charge in [-0.05, 0) is 13.0 Å². The fraction of sp³-hybridized carbons (Fsp3) is 1.00. The molecule has 0 aromatic carbocycles. The molecule has 5 heteroatoms. The van der Waals surface area contributed by atoms with Crippen molar-refractivity contribution in [3.8, 4) is 0 Å². The topological polar surface area (TPSA) is 72.7 Å². The molecule has 0 bridgehead atoms. The minimum absolute atomic E-state index is 0. The van der Waals surface area contributed by atoms with Gasteiger partial charge >= 0.3 is 0 Å². The Labute approximate surface area is 71.6 Å². The third-order valence-corrected chi connectivity index (χ3v) is 1.85. The summed E-state index contributed by atoms with van der Waals surface area (Å²) >= 11 is 0. The molecule has 4 nitrogen and oxygen atoms in total. The van der Waals surface area contributed by atoms with Crippen molar-refractivity contribution in [3.63, 3.8) is 0 Å². The van der Waals surface area contributed by atoms with Crippen LogP contribution in [0.1, 0.15) is 6.42 Å². The summed E-state index contributed by atoms with van der Waals surface area (Å²) in [5.41, 5.74) is 0. The second-order valence-electron chi connectivity index (χ2n) is 2.59. The van der Waals surface area contributed by atoms with E-state index in [1.165, 1.54) is 0 Å². The summed E-state index contributed by atoms with van der Waals surface area (Å²) < 4.78 is 0. The van der Waals surface area contributed by atoms with Crippen LogP contribution < -0.4 is 5.32 Å². The predicted octanol–water partition coefficient (Wildman–Crippen LogP) is -1.52. The molecule has 3 atom stereocenters. The van der Waals surface area contributed by atoms with Gasteiger partial charge in [0.1, 0.15) is 0 Å². The summed E-state index contributed by atoms with van der Waals surface area (Å²) in [6, 6.07) is -0.358. The zero-order valence-corrected chi connectivity index (χ0v) is 6.92. The molecule has 0 unspecified atom stereocenters. The van der Waals surface area contributed by atoms with Crippen molar-refractivity contribution in [1.29, 1.82) is 0 Å². The average molecular weight is 184 g/mol. The fourth-order valence-corrected chi connectivity index (χ4v) is 1.15. The first-order chi connectivity index (χ1) is 4.75. The third kappa shape index (κ3) is 2.57. The van der Waals surface area contributed by atoms with Gasteiger partial charge in [0.2, 0.25) is 0 Å². The lowest BCUT2D eigenvalue weighted by molar-refractivity contribution is -0.0382. The number of aliphatic hydroxyl groups excluding tert-OH is 3. The van der Waals surface area contributed by atoms with Crippen LogP contribution in [0.4, 0.5) is 0 Å². The molecule has 0 amide bonds. The maximum atomic E-state index is 9.16. The van der Waals surface area contributed by atoms with Gasteiger partial charge < -0.3 is 20.6 Å². The Morgan fingerprint density at radius 1 is 1.36 bits per heavy atom. The van der Waals surface area contributed by atoms with Gasteiger partial charge in [-0.25, -0.2) is 0 Å². The van der Waals surface area contributed by atoms with Crippen LogP contribution in [0.3, 0.4) is 0 Å². The van der Waals surface area contributed by atoms with E-state index in [2.05, 4.69) is 5.32 Å². The van der Waals surface area contributed by atoms with Crippen LogP contribution >= 0.6 is 12.4 Å². The van der Waals surface area contributed by atoms with Crippen molar-refractivity contribution in [2.75, 3.05) is 13.2 Å². The molecule has 1 rings (SSSR count). The van der Waals surface area contributed by atoms with Crippen molar-refractivity contribution in [3.05, 3.63) is 0 Å². The van der Waals surface area contributed by atoms with E-state index in [-0.39, 0.29) is 25.1 Å². The van der Waals surface area contributed by atoms with E-state index in [0.29, 0.717) is 13.0 Å². The highest BCUT2D eigenvalue weighted by atomic mass is 35.5. The zero-order chi connectivity index (χ0) is 7.56. The molecule has 1 saturated heterocycles. The van der Waals surface area contributed by atoms with E-state index < -0.39 is 12.2 Å². The Bertz CT molecular complexity index is 114. The van der Waals surface area contributed by atoms with Gasteiger partial charge in [-0.3, -0.25) is 0 Å². The minimum atomic E-state index is -0.821. The molecule has 1 aliphatic heterocycles. The highest BCUT2D eigenvalue weighted by Crippen LogP contribution is 2.08. The quantitative estimate of drug-likeness (QED) is 0.399. The zero-order valence-electron chi connectivity index (χ0n) is 6.10. The largest absolute Gasteiger partial charge is 0.395 e. The second-order valence-corrected chi connectivity index (χ2v) is 2.59. The first-order valence-electron chi connectivity index (χ1n) is 3.46. The predicted molar refractivity (Wildman–Crippen MR) is 42.8 cm³/mol. The van der Waals surface area contributed by atoms with E-state index in [1.54, 1.807) is 0 Å². The number of aliphatic hydroxyl groups is 3. The first kappa shape index (κ1) is 11.1. The van der Waals surface area contributed by atoms with E-state index in [1.807, 2.05) is 0 Å². The van der Waals surface area contributed by atoms with Crippen molar-refractivity contribution in [2.45, 2.75) is 24.7 Å². The summed E-state index contributed by atoms with van der Waals surface area (Å²) in [6.07, 6.45) is -0.949. The molecule has 0 aromatic rings. The number of nitrogens with one attached hydrogen (secondary N) is 1. The molecular formula is C6H14ClNO3. The first-order valence-corrected chi connectivity index (χ1v) is 3.46. The molecule has 4 N–H and O–H groups in total. The van der Waals surface area contributed by atoms with Gasteiger partial charge in [0, 0.05) is 0 Å². The van der Waals surface area contributed by atoms with Crippen molar-refractivity contribution in [2.24, 2.45) is 0 Å². The second kappa shape index (κ2) is 4.90. The van der Waals surface area contributed by atoms with E-state index >= 15 is 0 Å². The average Bonchev–Trinajstić information content (AvgIpc) is 1.95. The molecule has 0 aliphatic carbocycles. The molecular weight excluding hydrogens is 170 g/mol. The number of piperidine rings is 1. The fourth-order valence-electron chi connectivity index (χ4n) is 1.15. The maximum absolute atomic E-state index is 9.16. The van der Waals surface area contributed by atoms with Crippen molar-refractivity contribution in [1.82, 2.24) is 5.32 Å². The van der Waals surface area contributed by atoms with Crippen LogP contribution in [0, 0.1) is 0 Å². The Hall–Kier alpha value is 0.130. The Kier molecular flexibility index (Phi) is 4.96. The lowest BCUT2D eigenvalue weighted by Gasteiger charge is -2.31. The summed E-state index contributed by atoms with van der Waals surface area (Å²) in [6.45, 7) is 0.529. The van der Waals surface area contributed by atoms with Gasteiger partial charge in [-0.2, -0.15) is 0 Å². The van der Waals surface area contributed by atoms with Crippen LogP contribution in [-0.4, -0.2) is 46.7 Å². The number of halogens is 1. The van der Waals surface area contributed by atoms with Crippen LogP contribution in [0.15, 0.2) is 0 Å². The van der Waals surface area contributed by atoms with Gasteiger partial charge in [0.05, 0.1) is 24.9 Å². The molecule has 0 radical (unpaired) electrons. The van der Waals surface area contributed by atoms with Crippen LogP contribution in [0.2, 0.25) is 0 Å². The highest BCUT2D eigenvalue weighted by Gasteiger charge is 2.28. The molecule has 0 saturated carbocycles. The molecule has 1 aliphatic rings. The van der Waals surface area contributed by atoms with Crippen LogP contribution in [-0.2, 0) is 0 Å². The molecule has 11 heavy (non-hydrogen) atoms. The lowest BCUT2D eigenvalue weighted by Crippen LogP contribution is -2.54. The maximum Gasteiger partial charge on any atom is 0.0974 e. The van der Waals surface area contributed by atoms with Gasteiger partial charge in [-0.15, -0.1) is 12.4 Å². The molecule has 1 heterocycles. The summed E-state index contributed by atoms with van der Waals surface area (Å²) in [5.74, 6) is 0. The molecule has 0 aromatic heterocycles. The number of hydrogen-bond acceptors (Lipinski definition) is 4. The lowest BCUT2D eigenvalue weighted by atomic mass is 9.99. The summed E-state index contributed by atoms with van der Waals surface area (Å²) in [4.78, 5) is 0. The Morgan fingerprint density at radius 3 is 2.45 bits per heavy atom. The van der Waals surface area contributed by atoms with Gasteiger partial charge in [0.15, 0.2) is 0 Å². The van der Waals surface area contributed by atoms with Crippen LogP contribution in [0.5, 0.6) is 0 Å².